The number of hydrogen-bond donors (Lipinski definition) is 1. The summed E-state index contributed by atoms with van der Waals surface area (Å²) in [7, 11) is 0. The number of nitrogens with one attached hydrogen (secondary N) is 1. The van der Waals surface area contributed by atoms with Crippen molar-refractivity contribution in [1.29, 1.82) is 5.26 Å². The van der Waals surface area contributed by atoms with E-state index in [1.54, 1.807) is 0 Å². The molecular formula is C3H2N3O2. The normalized spacial score (nSPS) is 10.1. The van der Waals surface area contributed by atoms with E-state index in [0.29, 0.717) is 0 Å². The van der Waals surface area contributed by atoms with Crippen molar-refractivity contribution in [2.45, 2.75) is 0 Å². The van der Waals surface area contributed by atoms with Crippen molar-refractivity contribution >= 4 is 11.6 Å². The van der Waals surface area contributed by atoms with Crippen LogP contribution in [0.4, 0.5) is 0 Å². The van der Waals surface area contributed by atoms with E-state index in [1.165, 1.54) is 6.07 Å². The number of hydrogen-bond acceptors (Lipinski definition) is 4. The standard InChI is InChI=1S/C3H2N3O2/c4-1-2(6-8)3(5)7/h5,8H/b6-2-. The minimum atomic E-state index is -1.28. The Morgan fingerprint density at radius 1 is 1.88 bits per heavy atom. The van der Waals surface area contributed by atoms with E-state index in [2.05, 4.69) is 5.16 Å². The Kier molecular flexibility index (Phi) is 2.07. The van der Waals surface area contributed by atoms with Crippen LogP contribution < -0.4 is 5.73 Å². The summed E-state index contributed by atoms with van der Waals surface area (Å²) in [6, 6.07) is 1.21. The third kappa shape index (κ3) is 1.26. The van der Waals surface area contributed by atoms with E-state index in [4.69, 9.17) is 16.2 Å². The smallest absolute Gasteiger partial charge is 0.302 e. The highest BCUT2D eigenvalue weighted by Gasteiger charge is 2.04. The molecule has 0 aromatic rings. The molecule has 2 N–H and O–H groups in total. The molecule has 0 rings (SSSR count). The molecule has 0 aliphatic carbocycles. The van der Waals surface area contributed by atoms with Gasteiger partial charge in [-0.15, -0.1) is 0 Å². The largest absolute Gasteiger partial charge is 0.410 e. The summed E-state index contributed by atoms with van der Waals surface area (Å²) >= 11 is 0. The maximum absolute atomic E-state index is 9.76. The third-order valence-electron chi connectivity index (χ3n) is 0.421. The van der Waals surface area contributed by atoms with Gasteiger partial charge in [-0.1, -0.05) is 5.16 Å². The highest BCUT2D eigenvalue weighted by molar-refractivity contribution is 6.44. The first-order valence-electron chi connectivity index (χ1n) is 1.60. The van der Waals surface area contributed by atoms with Gasteiger partial charge < -0.3 is 5.21 Å². The van der Waals surface area contributed by atoms with Gasteiger partial charge in [0.25, 0.3) is 0 Å². The van der Waals surface area contributed by atoms with E-state index in [1.807, 2.05) is 0 Å². The number of carbonyl (C=O) groups is 1. The van der Waals surface area contributed by atoms with Gasteiger partial charge in [-0.3, -0.25) is 10.5 Å². The number of carbonyl (C=O) groups excluding carboxylic acids is 1. The molecule has 0 unspecified atom stereocenters. The molecule has 5 nitrogen and oxygen atoms in total. The van der Waals surface area contributed by atoms with Crippen LogP contribution >= 0.6 is 0 Å². The van der Waals surface area contributed by atoms with Crippen molar-refractivity contribution in [3.8, 4) is 6.07 Å². The van der Waals surface area contributed by atoms with E-state index in [9.17, 15) is 4.79 Å². The van der Waals surface area contributed by atoms with Gasteiger partial charge in [-0.25, -0.2) is 0 Å². The fourth-order valence-electron chi connectivity index (χ4n) is 0.119. The van der Waals surface area contributed by atoms with Crippen LogP contribution in [-0.4, -0.2) is 16.8 Å². The fourth-order valence-corrected chi connectivity index (χ4v) is 0.119. The van der Waals surface area contributed by atoms with Crippen LogP contribution in [0.25, 0.3) is 0 Å². The van der Waals surface area contributed by atoms with Crippen molar-refractivity contribution in [2.75, 3.05) is 0 Å². The average molecular weight is 112 g/mol. The molecule has 41 valence electrons. The van der Waals surface area contributed by atoms with Crippen LogP contribution in [0.5, 0.6) is 0 Å². The van der Waals surface area contributed by atoms with Crippen molar-refractivity contribution in [3.05, 3.63) is 0 Å². The van der Waals surface area contributed by atoms with Crippen molar-refractivity contribution in [3.63, 3.8) is 0 Å². The minimum Gasteiger partial charge on any atom is -0.410 e. The molecular weight excluding hydrogens is 110 g/mol. The summed E-state index contributed by atoms with van der Waals surface area (Å²) in [4.78, 5) is 9.76. The van der Waals surface area contributed by atoms with Gasteiger partial charge in [-0.05, 0) is 0 Å². The maximum atomic E-state index is 9.76. The summed E-state index contributed by atoms with van der Waals surface area (Å²) in [5.41, 5.74) is 5.38. The molecule has 0 saturated carbocycles. The fraction of sp³-hybridized carbons (Fsp3) is 0. The number of oxime groups is 1. The predicted octanol–water partition coefficient (Wildman–Crippen LogP) is -0.850. The van der Waals surface area contributed by atoms with Gasteiger partial charge in [0.05, 0.1) is 0 Å². The lowest BCUT2D eigenvalue weighted by Crippen LogP contribution is -2.11. The minimum absolute atomic E-state index is 0.801. The Bertz CT molecular complexity index is 166. The van der Waals surface area contributed by atoms with Gasteiger partial charge in [0.1, 0.15) is 6.07 Å². The van der Waals surface area contributed by atoms with Gasteiger partial charge in [0.2, 0.25) is 5.71 Å². The van der Waals surface area contributed by atoms with Gasteiger partial charge >= 0.3 is 5.91 Å². The molecule has 8 heavy (non-hydrogen) atoms. The molecule has 0 bridgehead atoms. The lowest BCUT2D eigenvalue weighted by molar-refractivity contribution is -0.112. The summed E-state index contributed by atoms with van der Waals surface area (Å²) in [5, 5.41) is 17.8. The molecule has 0 spiro atoms. The molecule has 0 aliphatic rings. The van der Waals surface area contributed by atoms with Crippen molar-refractivity contribution in [1.82, 2.24) is 5.73 Å². The molecule has 0 aromatic carbocycles. The van der Waals surface area contributed by atoms with Gasteiger partial charge in [0.15, 0.2) is 0 Å². The molecule has 0 saturated heterocycles. The Morgan fingerprint density at radius 2 is 2.38 bits per heavy atom. The Labute approximate surface area is 45.0 Å². The number of nitriles is 1. The molecule has 0 fully saturated rings. The highest BCUT2D eigenvalue weighted by Crippen LogP contribution is 1.70. The molecule has 0 aromatic heterocycles. The summed E-state index contributed by atoms with van der Waals surface area (Å²) in [5.74, 6) is -1.28. The molecule has 0 atom stereocenters. The van der Waals surface area contributed by atoms with E-state index in [-0.39, 0.29) is 0 Å². The summed E-state index contributed by atoms with van der Waals surface area (Å²) in [6.07, 6.45) is 0. The van der Waals surface area contributed by atoms with E-state index < -0.39 is 11.6 Å². The first-order valence-corrected chi connectivity index (χ1v) is 1.60. The number of amides is 1. The first-order chi connectivity index (χ1) is 3.72. The Morgan fingerprint density at radius 3 is 2.38 bits per heavy atom. The van der Waals surface area contributed by atoms with Crippen molar-refractivity contribution < 1.29 is 10.0 Å². The Hall–Kier alpha value is -1.57. The van der Waals surface area contributed by atoms with Crippen LogP contribution in [0, 0.1) is 11.3 Å². The van der Waals surface area contributed by atoms with Crippen molar-refractivity contribution in [2.24, 2.45) is 5.16 Å². The van der Waals surface area contributed by atoms with Crippen LogP contribution in [0.15, 0.2) is 5.16 Å². The number of rotatable bonds is 1. The van der Waals surface area contributed by atoms with Crippen LogP contribution in [-0.2, 0) is 4.79 Å². The lowest BCUT2D eigenvalue weighted by Gasteiger charge is -1.78. The van der Waals surface area contributed by atoms with Crippen LogP contribution in [0.1, 0.15) is 0 Å². The van der Waals surface area contributed by atoms with Gasteiger partial charge in [0, 0.05) is 0 Å². The topological polar surface area (TPSA) is 97.2 Å². The third-order valence-corrected chi connectivity index (χ3v) is 0.421. The molecule has 1 amide bonds. The van der Waals surface area contributed by atoms with Crippen LogP contribution in [0.2, 0.25) is 0 Å². The molecule has 0 aliphatic heterocycles. The highest BCUT2D eigenvalue weighted by atomic mass is 16.4. The average Bonchev–Trinajstić information content (AvgIpc) is 1.69. The molecule has 1 radical (unpaired) electrons. The van der Waals surface area contributed by atoms with Crippen LogP contribution in [0.3, 0.4) is 0 Å². The second kappa shape index (κ2) is 2.58. The summed E-state index contributed by atoms with van der Waals surface area (Å²) < 4.78 is 0. The first kappa shape index (κ1) is 6.43. The second-order valence-corrected chi connectivity index (χ2v) is 0.890. The predicted molar refractivity (Wildman–Crippen MR) is 22.9 cm³/mol. The van der Waals surface area contributed by atoms with E-state index in [0.717, 1.165) is 0 Å². The van der Waals surface area contributed by atoms with Gasteiger partial charge in [-0.2, -0.15) is 5.26 Å². The second-order valence-electron chi connectivity index (χ2n) is 0.890. The maximum Gasteiger partial charge on any atom is 0.302 e. The summed E-state index contributed by atoms with van der Waals surface area (Å²) in [6.45, 7) is 0. The quantitative estimate of drug-likeness (QED) is 0.271. The zero-order chi connectivity index (χ0) is 6.57. The molecule has 5 heteroatoms. The zero-order valence-corrected chi connectivity index (χ0v) is 3.75. The zero-order valence-electron chi connectivity index (χ0n) is 3.75. The lowest BCUT2D eigenvalue weighted by atomic mass is 10.4. The Balaban J connectivity index is 4.20. The monoisotopic (exact) mass is 112 g/mol. The molecule has 0 heterocycles. The SMILES string of the molecule is N#C/C(=N/O)C([NH])=O. The number of nitrogens with zero attached hydrogens (tertiary/aromatic N) is 2. The van der Waals surface area contributed by atoms with E-state index >= 15 is 0 Å².